The lowest BCUT2D eigenvalue weighted by Gasteiger charge is -2.42. The highest BCUT2D eigenvalue weighted by Gasteiger charge is 2.31. The van der Waals surface area contributed by atoms with Gasteiger partial charge in [0.25, 0.3) is 0 Å². The van der Waals surface area contributed by atoms with Crippen LogP contribution < -0.4 is 5.32 Å². The summed E-state index contributed by atoms with van der Waals surface area (Å²) in [6.45, 7) is 8.66. The lowest BCUT2D eigenvalue weighted by atomic mass is 9.89. The first-order valence-electron chi connectivity index (χ1n) is 8.37. The van der Waals surface area contributed by atoms with Gasteiger partial charge in [0.1, 0.15) is 0 Å². The molecule has 1 aromatic rings. The van der Waals surface area contributed by atoms with E-state index in [2.05, 4.69) is 47.5 Å². The van der Waals surface area contributed by atoms with Crippen LogP contribution in [0.15, 0.2) is 30.3 Å². The van der Waals surface area contributed by atoms with Crippen molar-refractivity contribution in [1.82, 2.24) is 10.2 Å². The lowest BCUT2D eigenvalue weighted by Crippen LogP contribution is -2.56. The molecule has 1 heterocycles. The molecule has 3 heteroatoms. The molecule has 1 aliphatic heterocycles. The van der Waals surface area contributed by atoms with Gasteiger partial charge in [0.05, 0.1) is 5.54 Å². The van der Waals surface area contributed by atoms with Gasteiger partial charge in [-0.1, -0.05) is 30.3 Å². The molecule has 116 valence electrons. The van der Waals surface area contributed by atoms with E-state index < -0.39 is 0 Å². The molecule has 0 spiro atoms. The Labute approximate surface area is 128 Å². The van der Waals surface area contributed by atoms with Gasteiger partial charge in [-0.2, -0.15) is 0 Å². The Hall–Kier alpha value is -0.900. The van der Waals surface area contributed by atoms with Crippen molar-refractivity contribution in [3.8, 4) is 0 Å². The number of nitrogens with one attached hydrogen (secondary N) is 1. The summed E-state index contributed by atoms with van der Waals surface area (Å²) >= 11 is 0. The van der Waals surface area contributed by atoms with Crippen molar-refractivity contribution in [1.29, 1.82) is 0 Å². The van der Waals surface area contributed by atoms with Crippen LogP contribution in [-0.2, 0) is 10.3 Å². The van der Waals surface area contributed by atoms with E-state index in [1.54, 1.807) is 0 Å². The van der Waals surface area contributed by atoms with Crippen LogP contribution in [0.4, 0.5) is 0 Å². The molecule has 1 atom stereocenters. The van der Waals surface area contributed by atoms with Gasteiger partial charge in [0.15, 0.2) is 0 Å². The van der Waals surface area contributed by atoms with Crippen molar-refractivity contribution in [3.05, 3.63) is 35.9 Å². The molecule has 1 unspecified atom stereocenters. The molecular weight excluding hydrogens is 260 g/mol. The highest BCUT2D eigenvalue weighted by molar-refractivity contribution is 5.24. The largest absolute Gasteiger partial charge is 0.381 e. The maximum absolute atomic E-state index is 5.74. The normalized spacial score (nSPS) is 26.9. The topological polar surface area (TPSA) is 24.5 Å². The van der Waals surface area contributed by atoms with Gasteiger partial charge in [-0.05, 0) is 37.7 Å². The fourth-order valence-electron chi connectivity index (χ4n) is 3.19. The predicted octanol–water partition coefficient (Wildman–Crippen LogP) is 2.62. The highest BCUT2D eigenvalue weighted by Crippen LogP contribution is 2.28. The molecule has 0 aromatic heterocycles. The minimum absolute atomic E-state index is 0.0778. The number of hydrogen-bond donors (Lipinski definition) is 1. The molecule has 1 saturated carbocycles. The molecule has 1 N–H and O–H groups in total. The first-order chi connectivity index (χ1) is 10.3. The number of rotatable bonds is 7. The van der Waals surface area contributed by atoms with E-state index in [1.807, 2.05) is 0 Å². The molecule has 1 aromatic carbocycles. The van der Waals surface area contributed by atoms with E-state index in [0.717, 1.165) is 51.7 Å². The molecule has 0 radical (unpaired) electrons. The maximum Gasteiger partial charge on any atom is 0.0535 e. The van der Waals surface area contributed by atoms with Crippen molar-refractivity contribution in [2.45, 2.75) is 31.7 Å². The van der Waals surface area contributed by atoms with Crippen LogP contribution in [-0.4, -0.2) is 44.3 Å². The quantitative estimate of drug-likeness (QED) is 0.781. The molecule has 1 aliphatic carbocycles. The van der Waals surface area contributed by atoms with Gasteiger partial charge < -0.3 is 10.1 Å². The zero-order chi connectivity index (χ0) is 14.5. The van der Waals surface area contributed by atoms with Crippen molar-refractivity contribution < 1.29 is 4.74 Å². The van der Waals surface area contributed by atoms with Gasteiger partial charge in [0, 0.05) is 39.4 Å². The van der Waals surface area contributed by atoms with Crippen molar-refractivity contribution in [2.24, 2.45) is 5.92 Å². The molecule has 21 heavy (non-hydrogen) atoms. The molecular formula is C18H28N2O. The summed E-state index contributed by atoms with van der Waals surface area (Å²) < 4.78 is 5.74. The summed E-state index contributed by atoms with van der Waals surface area (Å²) in [7, 11) is 0. The number of ether oxygens (including phenoxy) is 1. The summed E-state index contributed by atoms with van der Waals surface area (Å²) in [6, 6.07) is 10.8. The van der Waals surface area contributed by atoms with E-state index in [4.69, 9.17) is 4.74 Å². The van der Waals surface area contributed by atoms with E-state index in [-0.39, 0.29) is 5.54 Å². The maximum atomic E-state index is 5.74. The Morgan fingerprint density at radius 3 is 2.86 bits per heavy atom. The number of benzene rings is 1. The van der Waals surface area contributed by atoms with Gasteiger partial charge in [0.2, 0.25) is 0 Å². The second-order valence-electron chi connectivity index (χ2n) is 6.77. The summed E-state index contributed by atoms with van der Waals surface area (Å²) in [4.78, 5) is 2.57. The Morgan fingerprint density at radius 1 is 1.29 bits per heavy atom. The van der Waals surface area contributed by atoms with Gasteiger partial charge in [-0.25, -0.2) is 0 Å². The van der Waals surface area contributed by atoms with Gasteiger partial charge in [-0.15, -0.1) is 0 Å². The first kappa shape index (κ1) is 15.0. The zero-order valence-electron chi connectivity index (χ0n) is 13.2. The summed E-state index contributed by atoms with van der Waals surface area (Å²) in [5.41, 5.74) is 1.47. The minimum Gasteiger partial charge on any atom is -0.381 e. The fraction of sp³-hybridized carbons (Fsp3) is 0.667. The first-order valence-corrected chi connectivity index (χ1v) is 8.37. The van der Waals surface area contributed by atoms with E-state index in [9.17, 15) is 0 Å². The van der Waals surface area contributed by atoms with E-state index in [0.29, 0.717) is 0 Å². The molecule has 0 amide bonds. The fourth-order valence-corrected chi connectivity index (χ4v) is 3.19. The molecule has 2 fully saturated rings. The Bertz CT molecular complexity index is 432. The smallest absolute Gasteiger partial charge is 0.0535 e. The van der Waals surface area contributed by atoms with Crippen molar-refractivity contribution in [3.63, 3.8) is 0 Å². The van der Waals surface area contributed by atoms with Gasteiger partial charge in [-0.3, -0.25) is 4.90 Å². The Kier molecular flexibility index (Phi) is 4.94. The van der Waals surface area contributed by atoms with Crippen LogP contribution in [0.25, 0.3) is 0 Å². The molecule has 3 rings (SSSR count). The van der Waals surface area contributed by atoms with Crippen LogP contribution in [0.5, 0.6) is 0 Å². The van der Waals surface area contributed by atoms with Crippen LogP contribution >= 0.6 is 0 Å². The average molecular weight is 288 g/mol. The number of piperazine rings is 1. The van der Waals surface area contributed by atoms with Crippen LogP contribution in [0.2, 0.25) is 0 Å². The number of nitrogens with zero attached hydrogens (tertiary/aromatic N) is 1. The second kappa shape index (κ2) is 6.91. The van der Waals surface area contributed by atoms with Crippen molar-refractivity contribution >= 4 is 0 Å². The van der Waals surface area contributed by atoms with E-state index in [1.165, 1.54) is 18.4 Å². The lowest BCUT2D eigenvalue weighted by molar-refractivity contribution is 0.0955. The van der Waals surface area contributed by atoms with Crippen LogP contribution in [0.1, 0.15) is 31.7 Å². The summed E-state index contributed by atoms with van der Waals surface area (Å²) in [6.07, 6.45) is 3.91. The zero-order valence-corrected chi connectivity index (χ0v) is 13.2. The van der Waals surface area contributed by atoms with Crippen LogP contribution in [0.3, 0.4) is 0 Å². The van der Waals surface area contributed by atoms with E-state index >= 15 is 0 Å². The third-order valence-electron chi connectivity index (χ3n) is 4.71. The van der Waals surface area contributed by atoms with Crippen LogP contribution in [0, 0.1) is 5.92 Å². The van der Waals surface area contributed by atoms with Crippen molar-refractivity contribution in [2.75, 3.05) is 39.4 Å². The number of hydrogen-bond acceptors (Lipinski definition) is 3. The molecule has 2 aliphatic rings. The predicted molar refractivity (Wildman–Crippen MR) is 86.4 cm³/mol. The minimum atomic E-state index is 0.0778. The Balaban J connectivity index is 1.44. The summed E-state index contributed by atoms with van der Waals surface area (Å²) in [5, 5.41) is 3.69. The average Bonchev–Trinajstić information content (AvgIpc) is 3.32. The standard InChI is InChI=1S/C18H28N2O/c1-18(17-6-3-2-4-7-17)15-20(12-10-19-18)11-5-13-21-14-16-8-9-16/h2-4,6-7,16,19H,5,8-15H2,1H3. The summed E-state index contributed by atoms with van der Waals surface area (Å²) in [5.74, 6) is 0.880. The Morgan fingerprint density at radius 2 is 2.10 bits per heavy atom. The monoisotopic (exact) mass is 288 g/mol. The molecule has 3 nitrogen and oxygen atoms in total. The van der Waals surface area contributed by atoms with Gasteiger partial charge >= 0.3 is 0 Å². The third kappa shape index (κ3) is 4.29. The highest BCUT2D eigenvalue weighted by atomic mass is 16.5. The SMILES string of the molecule is CC1(c2ccccc2)CN(CCCOCC2CC2)CCN1. The molecule has 1 saturated heterocycles. The molecule has 0 bridgehead atoms. The third-order valence-corrected chi connectivity index (χ3v) is 4.71. The second-order valence-corrected chi connectivity index (χ2v) is 6.77.